The highest BCUT2D eigenvalue weighted by molar-refractivity contribution is 5.79. The van der Waals surface area contributed by atoms with Gasteiger partial charge in [0, 0.05) is 17.6 Å². The van der Waals surface area contributed by atoms with E-state index in [1.54, 1.807) is 13.3 Å². The van der Waals surface area contributed by atoms with Gasteiger partial charge in [0.1, 0.15) is 11.3 Å². The molecule has 0 aliphatic rings. The maximum absolute atomic E-state index is 11.9. The van der Waals surface area contributed by atoms with Gasteiger partial charge >= 0.3 is 0 Å². The number of ether oxygens (including phenoxy) is 1. The van der Waals surface area contributed by atoms with Gasteiger partial charge in [-0.1, -0.05) is 12.1 Å². The zero-order chi connectivity index (χ0) is 14.1. The van der Waals surface area contributed by atoms with Crippen LogP contribution >= 0.6 is 0 Å². The lowest BCUT2D eigenvalue weighted by atomic mass is 10.2. The molecule has 0 saturated heterocycles. The van der Waals surface area contributed by atoms with Crippen LogP contribution in [0.4, 0.5) is 0 Å². The van der Waals surface area contributed by atoms with E-state index in [1.165, 1.54) is 0 Å². The van der Waals surface area contributed by atoms with E-state index >= 15 is 0 Å². The molecule has 2 heterocycles. The SMILES string of the molecule is COc1ccc(Cn2c(C)cc3cn[nH]c(=O)c32)cc1. The van der Waals surface area contributed by atoms with E-state index in [1.807, 2.05) is 41.8 Å². The van der Waals surface area contributed by atoms with Gasteiger partial charge in [0.2, 0.25) is 0 Å². The number of hydrogen-bond acceptors (Lipinski definition) is 3. The Bertz CT molecular complexity index is 800. The molecule has 0 amide bonds. The number of aromatic amines is 1. The molecule has 5 nitrogen and oxygen atoms in total. The van der Waals surface area contributed by atoms with E-state index in [9.17, 15) is 4.79 Å². The third-order valence-corrected chi connectivity index (χ3v) is 3.42. The third-order valence-electron chi connectivity index (χ3n) is 3.42. The summed E-state index contributed by atoms with van der Waals surface area (Å²) >= 11 is 0. The fourth-order valence-corrected chi connectivity index (χ4v) is 2.39. The minimum absolute atomic E-state index is 0.163. The van der Waals surface area contributed by atoms with Crippen molar-refractivity contribution in [3.63, 3.8) is 0 Å². The predicted molar refractivity (Wildman–Crippen MR) is 77.2 cm³/mol. The molecule has 3 aromatic rings. The van der Waals surface area contributed by atoms with Crippen molar-refractivity contribution < 1.29 is 4.74 Å². The zero-order valence-electron chi connectivity index (χ0n) is 11.4. The van der Waals surface area contributed by atoms with Crippen LogP contribution in [-0.2, 0) is 6.54 Å². The summed E-state index contributed by atoms with van der Waals surface area (Å²) in [5.41, 5.74) is 2.65. The molecular formula is C15H15N3O2. The Morgan fingerprint density at radius 1 is 1.30 bits per heavy atom. The Balaban J connectivity index is 2.05. The molecular weight excluding hydrogens is 254 g/mol. The second-order valence-corrected chi connectivity index (χ2v) is 4.72. The number of nitrogens with zero attached hydrogens (tertiary/aromatic N) is 2. The molecule has 0 aliphatic heterocycles. The van der Waals surface area contributed by atoms with Crippen LogP contribution in [0.25, 0.3) is 10.9 Å². The Morgan fingerprint density at radius 2 is 2.05 bits per heavy atom. The van der Waals surface area contributed by atoms with Crippen LogP contribution in [0.1, 0.15) is 11.3 Å². The van der Waals surface area contributed by atoms with Crippen molar-refractivity contribution in [3.8, 4) is 5.75 Å². The van der Waals surface area contributed by atoms with E-state index in [0.29, 0.717) is 12.1 Å². The van der Waals surface area contributed by atoms with E-state index in [2.05, 4.69) is 10.2 Å². The molecule has 5 heteroatoms. The number of nitrogens with one attached hydrogen (secondary N) is 1. The Hall–Kier alpha value is -2.56. The van der Waals surface area contributed by atoms with E-state index in [-0.39, 0.29) is 5.56 Å². The van der Waals surface area contributed by atoms with Crippen molar-refractivity contribution in [1.82, 2.24) is 14.8 Å². The summed E-state index contributed by atoms with van der Waals surface area (Å²) < 4.78 is 7.15. The smallest absolute Gasteiger partial charge is 0.288 e. The van der Waals surface area contributed by atoms with Crippen LogP contribution in [0, 0.1) is 6.92 Å². The van der Waals surface area contributed by atoms with Crippen LogP contribution in [0.5, 0.6) is 5.75 Å². The summed E-state index contributed by atoms with van der Waals surface area (Å²) in [5, 5.41) is 7.18. The molecule has 0 bridgehead atoms. The van der Waals surface area contributed by atoms with E-state index in [4.69, 9.17) is 4.74 Å². The molecule has 0 aliphatic carbocycles. The van der Waals surface area contributed by atoms with Crippen molar-refractivity contribution in [1.29, 1.82) is 0 Å². The van der Waals surface area contributed by atoms with Crippen molar-refractivity contribution in [2.24, 2.45) is 0 Å². The second kappa shape index (κ2) is 4.85. The molecule has 0 unspecified atom stereocenters. The predicted octanol–water partition coefficient (Wildman–Crippen LogP) is 2.09. The molecule has 1 N–H and O–H groups in total. The van der Waals surface area contributed by atoms with Gasteiger partial charge in [0.15, 0.2) is 0 Å². The minimum atomic E-state index is -0.163. The molecule has 1 aromatic carbocycles. The highest BCUT2D eigenvalue weighted by Gasteiger charge is 2.09. The van der Waals surface area contributed by atoms with Crippen LogP contribution in [0.3, 0.4) is 0 Å². The first-order valence-electron chi connectivity index (χ1n) is 6.35. The molecule has 0 saturated carbocycles. The topological polar surface area (TPSA) is 59.9 Å². The summed E-state index contributed by atoms with van der Waals surface area (Å²) in [4.78, 5) is 11.9. The van der Waals surface area contributed by atoms with Gasteiger partial charge in [-0.3, -0.25) is 4.79 Å². The van der Waals surface area contributed by atoms with Gasteiger partial charge in [-0.05, 0) is 30.7 Å². The van der Waals surface area contributed by atoms with Gasteiger partial charge in [-0.15, -0.1) is 0 Å². The number of fused-ring (bicyclic) bond motifs is 1. The monoisotopic (exact) mass is 269 g/mol. The number of hydrogen-bond donors (Lipinski definition) is 1. The van der Waals surface area contributed by atoms with Crippen molar-refractivity contribution in [2.45, 2.75) is 13.5 Å². The van der Waals surface area contributed by atoms with Gasteiger partial charge in [0.05, 0.1) is 13.3 Å². The number of methoxy groups -OCH3 is 1. The summed E-state index contributed by atoms with van der Waals surface area (Å²) in [5.74, 6) is 0.824. The molecule has 0 fully saturated rings. The normalized spacial score (nSPS) is 10.9. The largest absolute Gasteiger partial charge is 0.497 e. The lowest BCUT2D eigenvalue weighted by Gasteiger charge is -2.08. The van der Waals surface area contributed by atoms with Crippen LogP contribution in [0.2, 0.25) is 0 Å². The highest BCUT2D eigenvalue weighted by Crippen LogP contribution is 2.18. The maximum Gasteiger partial charge on any atom is 0.288 e. The van der Waals surface area contributed by atoms with Crippen LogP contribution < -0.4 is 10.3 Å². The lowest BCUT2D eigenvalue weighted by Crippen LogP contribution is -2.13. The number of aromatic nitrogens is 3. The van der Waals surface area contributed by atoms with Gasteiger partial charge < -0.3 is 9.30 Å². The van der Waals surface area contributed by atoms with Crippen molar-refractivity contribution in [2.75, 3.05) is 7.11 Å². The maximum atomic E-state index is 11.9. The molecule has 2 aromatic heterocycles. The summed E-state index contributed by atoms with van der Waals surface area (Å²) in [7, 11) is 1.64. The Morgan fingerprint density at radius 3 is 2.75 bits per heavy atom. The van der Waals surface area contributed by atoms with Gasteiger partial charge in [0.25, 0.3) is 5.56 Å². The summed E-state index contributed by atoms with van der Waals surface area (Å²) in [6.07, 6.45) is 1.67. The molecule has 0 atom stereocenters. The summed E-state index contributed by atoms with van der Waals surface area (Å²) in [6.45, 7) is 2.63. The first-order valence-corrected chi connectivity index (χ1v) is 6.35. The second-order valence-electron chi connectivity index (χ2n) is 4.72. The average Bonchev–Trinajstić information content (AvgIpc) is 2.77. The van der Waals surface area contributed by atoms with E-state index in [0.717, 1.165) is 22.4 Å². The first-order chi connectivity index (χ1) is 9.69. The van der Waals surface area contributed by atoms with Crippen molar-refractivity contribution >= 4 is 10.9 Å². The van der Waals surface area contributed by atoms with Gasteiger partial charge in [-0.25, -0.2) is 5.10 Å². The Labute approximate surface area is 115 Å². The number of H-pyrrole nitrogens is 1. The molecule has 102 valence electrons. The van der Waals surface area contributed by atoms with E-state index < -0.39 is 0 Å². The van der Waals surface area contributed by atoms with Crippen LogP contribution in [0.15, 0.2) is 41.3 Å². The number of rotatable bonds is 3. The number of benzene rings is 1. The molecule has 0 spiro atoms. The fourth-order valence-electron chi connectivity index (χ4n) is 2.39. The fraction of sp³-hybridized carbons (Fsp3) is 0.200. The standard InChI is InChI=1S/C15H15N3O2/c1-10-7-12-8-16-17-15(19)14(12)18(10)9-11-3-5-13(20-2)6-4-11/h3-8H,9H2,1-2H3,(H,17,19). The molecule has 3 rings (SSSR count). The quantitative estimate of drug-likeness (QED) is 0.792. The Kier molecular flexibility index (Phi) is 3.02. The van der Waals surface area contributed by atoms with Crippen LogP contribution in [-0.4, -0.2) is 21.9 Å². The number of aryl methyl sites for hydroxylation is 1. The third kappa shape index (κ3) is 2.07. The molecule has 0 radical (unpaired) electrons. The zero-order valence-corrected chi connectivity index (χ0v) is 11.4. The molecule has 20 heavy (non-hydrogen) atoms. The van der Waals surface area contributed by atoms with Gasteiger partial charge in [-0.2, -0.15) is 5.10 Å². The minimum Gasteiger partial charge on any atom is -0.497 e. The highest BCUT2D eigenvalue weighted by atomic mass is 16.5. The summed E-state index contributed by atoms with van der Waals surface area (Å²) in [6, 6.07) is 9.81. The lowest BCUT2D eigenvalue weighted by molar-refractivity contribution is 0.414. The first kappa shape index (κ1) is 12.5. The average molecular weight is 269 g/mol. The van der Waals surface area contributed by atoms with Crippen molar-refractivity contribution in [3.05, 3.63) is 58.1 Å².